The Bertz CT molecular complexity index is 1010. The Morgan fingerprint density at radius 1 is 1.06 bits per heavy atom. The van der Waals surface area contributed by atoms with Gasteiger partial charge in [0.15, 0.2) is 5.76 Å². The Balaban J connectivity index is 1.37. The summed E-state index contributed by atoms with van der Waals surface area (Å²) in [7, 11) is 0. The molecule has 2 aromatic rings. The van der Waals surface area contributed by atoms with Gasteiger partial charge in [0, 0.05) is 31.2 Å². The maximum absolute atomic E-state index is 13.0. The fourth-order valence-electron chi connectivity index (χ4n) is 3.77. The second kappa shape index (κ2) is 8.07. The van der Waals surface area contributed by atoms with Crippen molar-refractivity contribution in [2.45, 2.75) is 12.5 Å². The van der Waals surface area contributed by atoms with E-state index in [1.807, 2.05) is 0 Å². The molecule has 2 fully saturated rings. The predicted molar refractivity (Wildman–Crippen MR) is 110 cm³/mol. The number of furan rings is 1. The van der Waals surface area contributed by atoms with Gasteiger partial charge >= 0.3 is 6.03 Å². The highest BCUT2D eigenvalue weighted by Gasteiger charge is 2.49. The molecule has 0 aliphatic carbocycles. The summed E-state index contributed by atoms with van der Waals surface area (Å²) in [4.78, 5) is 54.6. The summed E-state index contributed by atoms with van der Waals surface area (Å²) in [5, 5.41) is 3.19. The molecule has 1 atom stereocenters. The summed E-state index contributed by atoms with van der Waals surface area (Å²) < 4.78 is 5.13. The number of halogens is 1. The molecule has 1 aromatic heterocycles. The number of hydrogen-bond acceptors (Lipinski definition) is 5. The summed E-state index contributed by atoms with van der Waals surface area (Å²) in [5.74, 6) is -0.834. The van der Waals surface area contributed by atoms with Crippen molar-refractivity contribution in [1.29, 1.82) is 0 Å². The summed E-state index contributed by atoms with van der Waals surface area (Å²) >= 11 is 5.91. The number of carbonyl (C=O) groups excluding carboxylic acids is 4. The lowest BCUT2D eigenvalue weighted by atomic mass is 9.92. The van der Waals surface area contributed by atoms with Crippen molar-refractivity contribution in [3.63, 3.8) is 0 Å². The van der Waals surface area contributed by atoms with Crippen LogP contribution in [0.25, 0.3) is 0 Å². The van der Waals surface area contributed by atoms with Crippen LogP contribution in [0.3, 0.4) is 0 Å². The van der Waals surface area contributed by atoms with Gasteiger partial charge in [0.25, 0.3) is 11.8 Å². The molecule has 0 radical (unpaired) electrons. The minimum absolute atomic E-state index is 0.232. The van der Waals surface area contributed by atoms with Crippen LogP contribution in [-0.2, 0) is 15.1 Å². The maximum Gasteiger partial charge on any atom is 0.325 e. The molecule has 0 spiro atoms. The van der Waals surface area contributed by atoms with E-state index < -0.39 is 17.5 Å². The van der Waals surface area contributed by atoms with E-state index in [4.69, 9.17) is 16.0 Å². The number of benzene rings is 1. The quantitative estimate of drug-likeness (QED) is 0.723. The van der Waals surface area contributed by atoms with Crippen molar-refractivity contribution in [3.8, 4) is 0 Å². The molecule has 3 heterocycles. The van der Waals surface area contributed by atoms with E-state index in [1.54, 1.807) is 53.1 Å². The zero-order chi connectivity index (χ0) is 22.2. The van der Waals surface area contributed by atoms with Crippen LogP contribution in [0.4, 0.5) is 4.79 Å². The van der Waals surface area contributed by atoms with Crippen LogP contribution in [0, 0.1) is 0 Å². The zero-order valence-corrected chi connectivity index (χ0v) is 17.6. The summed E-state index contributed by atoms with van der Waals surface area (Å²) in [6.07, 6.45) is 1.43. The van der Waals surface area contributed by atoms with Crippen LogP contribution in [0.15, 0.2) is 47.1 Å². The number of nitrogens with zero attached hydrogens (tertiary/aromatic N) is 3. The first kappa shape index (κ1) is 20.9. The first-order valence-electron chi connectivity index (χ1n) is 9.80. The van der Waals surface area contributed by atoms with Crippen molar-refractivity contribution in [3.05, 3.63) is 59.0 Å². The van der Waals surface area contributed by atoms with Gasteiger partial charge in [-0.25, -0.2) is 4.79 Å². The third kappa shape index (κ3) is 3.88. The molecule has 0 unspecified atom stereocenters. The van der Waals surface area contributed by atoms with Gasteiger partial charge in [0.05, 0.1) is 6.26 Å². The molecule has 162 valence electrons. The van der Waals surface area contributed by atoms with Gasteiger partial charge in [-0.3, -0.25) is 19.3 Å². The largest absolute Gasteiger partial charge is 0.459 e. The smallest absolute Gasteiger partial charge is 0.325 e. The molecule has 5 amide bonds. The molecule has 4 rings (SSSR count). The lowest BCUT2D eigenvalue weighted by Gasteiger charge is -2.34. The molecular weight excluding hydrogens is 424 g/mol. The van der Waals surface area contributed by atoms with Gasteiger partial charge in [-0.1, -0.05) is 23.7 Å². The summed E-state index contributed by atoms with van der Waals surface area (Å²) in [6, 6.07) is 9.22. The molecule has 1 aromatic carbocycles. The third-order valence-corrected chi connectivity index (χ3v) is 5.89. The highest BCUT2D eigenvalue weighted by atomic mass is 35.5. The minimum atomic E-state index is -1.27. The van der Waals surface area contributed by atoms with Gasteiger partial charge in [0.2, 0.25) is 5.91 Å². The van der Waals surface area contributed by atoms with Crippen LogP contribution >= 0.6 is 11.6 Å². The van der Waals surface area contributed by atoms with Crippen LogP contribution in [0.5, 0.6) is 0 Å². The monoisotopic (exact) mass is 444 g/mol. The Morgan fingerprint density at radius 2 is 1.71 bits per heavy atom. The molecule has 2 aliphatic rings. The standard InChI is InChI=1S/C21H21ClN4O5/c1-21(14-4-6-15(22)7-5-14)19(29)26(20(30)23-21)13-17(27)24-8-10-25(11-9-24)18(28)16-3-2-12-31-16/h2-7,12H,8-11,13H2,1H3,(H,23,30)/t21-/m1/s1. The van der Waals surface area contributed by atoms with Crippen LogP contribution in [0.2, 0.25) is 5.02 Å². The number of carbonyl (C=O) groups is 4. The molecule has 1 N–H and O–H groups in total. The van der Waals surface area contributed by atoms with Gasteiger partial charge in [-0.2, -0.15) is 0 Å². The SMILES string of the molecule is C[C@]1(c2ccc(Cl)cc2)NC(=O)N(CC(=O)N2CCN(C(=O)c3ccco3)CC2)C1=O. The van der Waals surface area contributed by atoms with Crippen molar-refractivity contribution in [2.75, 3.05) is 32.7 Å². The molecule has 0 bridgehead atoms. The second-order valence-electron chi connectivity index (χ2n) is 7.60. The number of imide groups is 1. The van der Waals surface area contributed by atoms with E-state index in [-0.39, 0.29) is 24.1 Å². The molecule has 31 heavy (non-hydrogen) atoms. The molecule has 2 saturated heterocycles. The predicted octanol–water partition coefficient (Wildman–Crippen LogP) is 1.68. The minimum Gasteiger partial charge on any atom is -0.459 e. The topological polar surface area (TPSA) is 103 Å². The van der Waals surface area contributed by atoms with Crippen LogP contribution in [-0.4, -0.2) is 71.2 Å². The highest BCUT2D eigenvalue weighted by Crippen LogP contribution is 2.29. The Hall–Kier alpha value is -3.33. The van der Waals surface area contributed by atoms with E-state index in [1.165, 1.54) is 6.26 Å². The Kier molecular flexibility index (Phi) is 5.45. The van der Waals surface area contributed by atoms with Crippen molar-refractivity contribution < 1.29 is 23.6 Å². The van der Waals surface area contributed by atoms with Crippen molar-refractivity contribution >= 4 is 35.4 Å². The van der Waals surface area contributed by atoms with Gasteiger partial charge in [-0.15, -0.1) is 0 Å². The van der Waals surface area contributed by atoms with E-state index in [0.717, 1.165) is 4.90 Å². The molecule has 9 nitrogen and oxygen atoms in total. The number of urea groups is 1. The molecule has 10 heteroatoms. The molecular formula is C21H21ClN4O5. The number of amides is 5. The number of hydrogen-bond donors (Lipinski definition) is 1. The number of piperazine rings is 1. The Morgan fingerprint density at radius 3 is 2.32 bits per heavy atom. The first-order valence-corrected chi connectivity index (χ1v) is 10.2. The fraction of sp³-hybridized carbons (Fsp3) is 0.333. The van der Waals surface area contributed by atoms with Crippen molar-refractivity contribution in [1.82, 2.24) is 20.0 Å². The normalized spacial score (nSPS) is 21.4. The van der Waals surface area contributed by atoms with Crippen LogP contribution in [0.1, 0.15) is 23.0 Å². The third-order valence-electron chi connectivity index (χ3n) is 5.64. The van der Waals surface area contributed by atoms with Crippen molar-refractivity contribution in [2.24, 2.45) is 0 Å². The molecule has 2 aliphatic heterocycles. The average Bonchev–Trinajstić information content (AvgIpc) is 3.38. The van der Waals surface area contributed by atoms with E-state index >= 15 is 0 Å². The zero-order valence-electron chi connectivity index (χ0n) is 16.8. The fourth-order valence-corrected chi connectivity index (χ4v) is 3.90. The summed E-state index contributed by atoms with van der Waals surface area (Å²) in [5.41, 5.74) is -0.689. The van der Waals surface area contributed by atoms with E-state index in [9.17, 15) is 19.2 Å². The highest BCUT2D eigenvalue weighted by molar-refractivity contribution is 6.30. The lowest BCUT2D eigenvalue weighted by molar-refractivity contribution is -0.139. The number of nitrogens with one attached hydrogen (secondary N) is 1. The Labute approximate surface area is 183 Å². The first-order chi connectivity index (χ1) is 14.8. The van der Waals surface area contributed by atoms with Gasteiger partial charge in [0.1, 0.15) is 12.1 Å². The van der Waals surface area contributed by atoms with E-state index in [2.05, 4.69) is 5.32 Å². The summed E-state index contributed by atoms with van der Waals surface area (Å²) in [6.45, 7) is 2.54. The van der Waals surface area contributed by atoms with Gasteiger partial charge < -0.3 is 19.5 Å². The average molecular weight is 445 g/mol. The second-order valence-corrected chi connectivity index (χ2v) is 8.04. The molecule has 0 saturated carbocycles. The maximum atomic E-state index is 13.0. The number of rotatable bonds is 4. The lowest BCUT2D eigenvalue weighted by Crippen LogP contribution is -2.53. The van der Waals surface area contributed by atoms with Crippen LogP contribution < -0.4 is 5.32 Å². The van der Waals surface area contributed by atoms with Gasteiger partial charge in [-0.05, 0) is 36.8 Å². The van der Waals surface area contributed by atoms with E-state index in [0.29, 0.717) is 36.8 Å².